The van der Waals surface area contributed by atoms with Gasteiger partial charge in [0, 0.05) is 32.2 Å². The second kappa shape index (κ2) is 8.44. The maximum Gasteiger partial charge on any atom is 0.247 e. The molecule has 2 aliphatic heterocycles. The number of aromatic nitrogens is 3. The Balaban J connectivity index is 1.34. The number of nitrogens with zero attached hydrogens (tertiary/aromatic N) is 5. The highest BCUT2D eigenvalue weighted by Crippen LogP contribution is 2.30. The van der Waals surface area contributed by atoms with Crippen LogP contribution < -0.4 is 10.2 Å². The third-order valence-corrected chi connectivity index (χ3v) is 5.84. The summed E-state index contributed by atoms with van der Waals surface area (Å²) < 4.78 is 48.9. The maximum atomic E-state index is 15.4. The van der Waals surface area contributed by atoms with Gasteiger partial charge in [-0.3, -0.25) is 4.90 Å². The molecule has 1 aromatic heterocycles. The van der Waals surface area contributed by atoms with Gasteiger partial charge in [-0.2, -0.15) is 4.98 Å². The first-order valence-electron chi connectivity index (χ1n) is 10.5. The van der Waals surface area contributed by atoms with Crippen LogP contribution in [0.25, 0.3) is 5.69 Å². The third-order valence-electron chi connectivity index (χ3n) is 5.84. The van der Waals surface area contributed by atoms with E-state index in [4.69, 9.17) is 4.74 Å². The van der Waals surface area contributed by atoms with Crippen molar-refractivity contribution in [1.29, 1.82) is 0 Å². The molecule has 0 spiro atoms. The number of aryl methyl sites for hydroxylation is 1. The summed E-state index contributed by atoms with van der Waals surface area (Å²) in [7, 11) is 0. The second-order valence-electron chi connectivity index (χ2n) is 8.13. The van der Waals surface area contributed by atoms with Crippen molar-refractivity contribution >= 4 is 17.3 Å². The summed E-state index contributed by atoms with van der Waals surface area (Å²) in [5.41, 5.74) is 1.86. The molecule has 0 unspecified atom stereocenters. The Kier molecular flexibility index (Phi) is 5.48. The summed E-state index contributed by atoms with van der Waals surface area (Å²) in [6, 6.07) is 7.06. The van der Waals surface area contributed by atoms with Crippen molar-refractivity contribution in [3.8, 4) is 5.69 Å². The highest BCUT2D eigenvalue weighted by molar-refractivity contribution is 5.65. The highest BCUT2D eigenvalue weighted by Gasteiger charge is 2.30. The van der Waals surface area contributed by atoms with Crippen molar-refractivity contribution in [3.63, 3.8) is 0 Å². The minimum atomic E-state index is -0.718. The van der Waals surface area contributed by atoms with Gasteiger partial charge in [0.2, 0.25) is 5.95 Å². The molecule has 0 amide bonds. The molecule has 3 heterocycles. The van der Waals surface area contributed by atoms with E-state index in [1.807, 2.05) is 17.9 Å². The van der Waals surface area contributed by atoms with E-state index in [0.717, 1.165) is 63.2 Å². The van der Waals surface area contributed by atoms with Crippen molar-refractivity contribution < 1.29 is 17.9 Å². The van der Waals surface area contributed by atoms with Gasteiger partial charge in [0.25, 0.3) is 0 Å². The highest BCUT2D eigenvalue weighted by atomic mass is 19.1. The lowest BCUT2D eigenvalue weighted by molar-refractivity contribution is -0.0660. The molecular formula is C22H23F3N6O. The van der Waals surface area contributed by atoms with E-state index >= 15 is 4.39 Å². The molecule has 168 valence electrons. The summed E-state index contributed by atoms with van der Waals surface area (Å²) >= 11 is 0. The first-order valence-corrected chi connectivity index (χ1v) is 10.5. The molecule has 2 aliphatic rings. The van der Waals surface area contributed by atoms with Gasteiger partial charge in [0.15, 0.2) is 5.82 Å². The molecule has 2 saturated heterocycles. The standard InChI is InChI=1S/C22H23F3N6O/c1-14-6-19(27-22-26-13-31(28-22)17-9-15(23)8-16(24)10-17)21(25)20(7-14)30-4-2-29(3-5-30)18-11-32-12-18/h6-10,13,18H,2-5,11-12H2,1H3,(H,27,28). The second-order valence-corrected chi connectivity index (χ2v) is 8.13. The van der Waals surface area contributed by atoms with Crippen LogP contribution in [-0.4, -0.2) is 65.1 Å². The van der Waals surface area contributed by atoms with Crippen molar-refractivity contribution in [2.75, 3.05) is 49.6 Å². The topological polar surface area (TPSA) is 58.5 Å². The number of nitrogens with one attached hydrogen (secondary N) is 1. The van der Waals surface area contributed by atoms with Gasteiger partial charge in [0.1, 0.15) is 18.0 Å². The van der Waals surface area contributed by atoms with Gasteiger partial charge in [-0.1, -0.05) is 0 Å². The number of benzene rings is 2. The van der Waals surface area contributed by atoms with Crippen LogP contribution in [0.1, 0.15) is 5.56 Å². The van der Waals surface area contributed by atoms with Crippen LogP contribution in [-0.2, 0) is 4.74 Å². The third kappa shape index (κ3) is 4.15. The SMILES string of the molecule is Cc1cc(Nc2ncn(-c3cc(F)cc(F)c3)n2)c(F)c(N2CCN(C3COC3)CC2)c1. The Labute approximate surface area is 183 Å². The quantitative estimate of drug-likeness (QED) is 0.652. The van der Waals surface area contributed by atoms with E-state index in [9.17, 15) is 8.78 Å². The van der Waals surface area contributed by atoms with Crippen LogP contribution in [0.3, 0.4) is 0 Å². The Morgan fingerprint density at radius 2 is 1.69 bits per heavy atom. The fourth-order valence-corrected chi connectivity index (χ4v) is 4.07. The molecule has 0 radical (unpaired) electrons. The largest absolute Gasteiger partial charge is 0.378 e. The van der Waals surface area contributed by atoms with E-state index in [0.29, 0.717) is 11.7 Å². The van der Waals surface area contributed by atoms with E-state index < -0.39 is 11.6 Å². The van der Waals surface area contributed by atoms with E-state index in [-0.39, 0.29) is 23.1 Å². The van der Waals surface area contributed by atoms with Gasteiger partial charge in [-0.25, -0.2) is 17.9 Å². The van der Waals surface area contributed by atoms with Crippen LogP contribution in [0, 0.1) is 24.4 Å². The fraction of sp³-hybridized carbons (Fsp3) is 0.364. The zero-order valence-corrected chi connectivity index (χ0v) is 17.6. The first kappa shape index (κ1) is 20.8. The van der Waals surface area contributed by atoms with Crippen molar-refractivity contribution in [1.82, 2.24) is 19.7 Å². The lowest BCUT2D eigenvalue weighted by Crippen LogP contribution is -2.56. The lowest BCUT2D eigenvalue weighted by Gasteiger charge is -2.43. The zero-order chi connectivity index (χ0) is 22.2. The average molecular weight is 444 g/mol. The van der Waals surface area contributed by atoms with Gasteiger partial charge >= 0.3 is 0 Å². The summed E-state index contributed by atoms with van der Waals surface area (Å²) in [6.07, 6.45) is 1.31. The Morgan fingerprint density at radius 1 is 0.969 bits per heavy atom. The minimum Gasteiger partial charge on any atom is -0.378 e. The molecule has 5 rings (SSSR count). The molecular weight excluding hydrogens is 421 g/mol. The molecule has 7 nitrogen and oxygen atoms in total. The number of halogens is 3. The normalized spacial score (nSPS) is 17.4. The lowest BCUT2D eigenvalue weighted by atomic mass is 10.1. The summed E-state index contributed by atoms with van der Waals surface area (Å²) in [5, 5.41) is 7.08. The Bertz CT molecular complexity index is 1100. The molecule has 0 bridgehead atoms. The number of hydrogen-bond donors (Lipinski definition) is 1. The van der Waals surface area contributed by atoms with Crippen molar-refractivity contribution in [3.05, 3.63) is 59.7 Å². The number of ether oxygens (including phenoxy) is 1. The van der Waals surface area contributed by atoms with Crippen LogP contribution in [0.15, 0.2) is 36.7 Å². The molecule has 3 aromatic rings. The monoisotopic (exact) mass is 444 g/mol. The Hall–Kier alpha value is -3.11. The number of rotatable bonds is 5. The van der Waals surface area contributed by atoms with E-state index in [1.165, 1.54) is 11.0 Å². The van der Waals surface area contributed by atoms with Crippen LogP contribution in [0.2, 0.25) is 0 Å². The van der Waals surface area contributed by atoms with Crippen LogP contribution >= 0.6 is 0 Å². The molecule has 1 N–H and O–H groups in total. The Morgan fingerprint density at radius 3 is 2.34 bits per heavy atom. The van der Waals surface area contributed by atoms with E-state index in [2.05, 4.69) is 20.3 Å². The maximum absolute atomic E-state index is 15.4. The smallest absolute Gasteiger partial charge is 0.247 e. The van der Waals surface area contributed by atoms with Gasteiger partial charge in [-0.15, -0.1) is 5.10 Å². The molecule has 32 heavy (non-hydrogen) atoms. The predicted octanol–water partition coefficient (Wildman–Crippen LogP) is 3.26. The van der Waals surface area contributed by atoms with Crippen LogP contribution in [0.4, 0.5) is 30.5 Å². The van der Waals surface area contributed by atoms with Gasteiger partial charge < -0.3 is 15.0 Å². The summed E-state index contributed by atoms with van der Waals surface area (Å²) in [5.74, 6) is -1.70. The molecule has 0 aliphatic carbocycles. The van der Waals surface area contributed by atoms with Gasteiger partial charge in [-0.05, 0) is 36.8 Å². The zero-order valence-electron chi connectivity index (χ0n) is 17.6. The first-order chi connectivity index (χ1) is 15.5. The fourth-order valence-electron chi connectivity index (χ4n) is 4.07. The van der Waals surface area contributed by atoms with Gasteiger partial charge in [0.05, 0.1) is 36.3 Å². The average Bonchev–Trinajstić information content (AvgIpc) is 3.18. The molecule has 0 saturated carbocycles. The number of piperazine rings is 1. The predicted molar refractivity (Wildman–Crippen MR) is 114 cm³/mol. The van der Waals surface area contributed by atoms with Crippen molar-refractivity contribution in [2.24, 2.45) is 0 Å². The summed E-state index contributed by atoms with van der Waals surface area (Å²) in [6.45, 7) is 6.63. The molecule has 2 fully saturated rings. The van der Waals surface area contributed by atoms with Crippen LogP contribution in [0.5, 0.6) is 0 Å². The minimum absolute atomic E-state index is 0.125. The number of anilines is 3. The molecule has 0 atom stereocenters. The summed E-state index contributed by atoms with van der Waals surface area (Å²) in [4.78, 5) is 8.54. The molecule has 10 heteroatoms. The van der Waals surface area contributed by atoms with Crippen molar-refractivity contribution in [2.45, 2.75) is 13.0 Å². The van der Waals surface area contributed by atoms with E-state index in [1.54, 1.807) is 6.07 Å². The molecule has 2 aromatic carbocycles. The number of hydrogen-bond acceptors (Lipinski definition) is 6.